The van der Waals surface area contributed by atoms with Crippen LogP contribution < -0.4 is 10.6 Å². The zero-order valence-electron chi connectivity index (χ0n) is 11.9. The molecule has 0 saturated carbocycles. The number of ketones is 1. The quantitative estimate of drug-likeness (QED) is 0.658. The summed E-state index contributed by atoms with van der Waals surface area (Å²) in [7, 11) is 0. The molecule has 1 saturated heterocycles. The van der Waals surface area contributed by atoms with E-state index in [0.29, 0.717) is 5.56 Å². The number of pyridine rings is 1. The first-order chi connectivity index (χ1) is 10.2. The van der Waals surface area contributed by atoms with Crippen molar-refractivity contribution in [3.05, 3.63) is 50.9 Å². The fraction of sp³-hybridized carbons (Fsp3) is 0.333. The van der Waals surface area contributed by atoms with Crippen LogP contribution in [-0.4, -0.2) is 36.9 Å². The summed E-state index contributed by atoms with van der Waals surface area (Å²) < 4.78 is 0. The van der Waals surface area contributed by atoms with Crippen LogP contribution in [0.25, 0.3) is 0 Å². The molecule has 0 spiro atoms. The maximum atomic E-state index is 12.0. The normalized spacial score (nSPS) is 14.2. The third-order valence-electron chi connectivity index (χ3n) is 3.03. The topological polar surface area (TPSA) is 54.0 Å². The van der Waals surface area contributed by atoms with Gasteiger partial charge in [-0.1, -0.05) is 11.6 Å². The molecule has 3 heterocycles. The predicted octanol–water partition coefficient (Wildman–Crippen LogP) is 2.52. The zero-order chi connectivity index (χ0) is 15.1. The minimum absolute atomic E-state index is 0.0550. The molecule has 2 aromatic rings. The van der Waals surface area contributed by atoms with E-state index in [2.05, 4.69) is 15.6 Å². The highest BCUT2D eigenvalue weighted by Crippen LogP contribution is 2.22. The van der Waals surface area contributed by atoms with Crippen molar-refractivity contribution >= 4 is 28.7 Å². The zero-order valence-corrected chi connectivity index (χ0v) is 13.4. The summed E-state index contributed by atoms with van der Waals surface area (Å²) in [4.78, 5) is 16.7. The van der Waals surface area contributed by atoms with Crippen LogP contribution in [0.3, 0.4) is 0 Å². The summed E-state index contributed by atoms with van der Waals surface area (Å²) >= 11 is 7.29. The van der Waals surface area contributed by atoms with Gasteiger partial charge < -0.3 is 10.6 Å². The largest absolute Gasteiger partial charge is 0.314 e. The van der Waals surface area contributed by atoms with Crippen molar-refractivity contribution in [3.8, 4) is 0 Å². The maximum absolute atomic E-state index is 12.0. The molecule has 0 bridgehead atoms. The Bertz CT molecular complexity index is 585. The van der Waals surface area contributed by atoms with E-state index >= 15 is 0 Å². The van der Waals surface area contributed by atoms with Gasteiger partial charge in [0.25, 0.3) is 0 Å². The van der Waals surface area contributed by atoms with Gasteiger partial charge in [-0.25, -0.2) is 4.98 Å². The first kappa shape index (κ1) is 16.1. The average Bonchev–Trinajstić information content (AvgIpc) is 2.96. The molecule has 1 aliphatic heterocycles. The molecule has 0 radical (unpaired) electrons. The van der Waals surface area contributed by atoms with Gasteiger partial charge in [-0.05, 0) is 36.1 Å². The molecular formula is C15H18ClN3OS. The Morgan fingerprint density at radius 1 is 1.24 bits per heavy atom. The van der Waals surface area contributed by atoms with Crippen molar-refractivity contribution < 1.29 is 4.79 Å². The second-order valence-electron chi connectivity index (χ2n) is 4.60. The van der Waals surface area contributed by atoms with E-state index < -0.39 is 0 Å². The highest BCUT2D eigenvalue weighted by molar-refractivity contribution is 7.12. The number of rotatable bonds is 2. The van der Waals surface area contributed by atoms with Crippen LogP contribution in [0.5, 0.6) is 0 Å². The SMILES string of the molecule is C1CNCCN1.Cc1ccsc1C(=O)c1cccnc1Cl. The van der Waals surface area contributed by atoms with Gasteiger partial charge in [0.05, 0.1) is 10.4 Å². The van der Waals surface area contributed by atoms with E-state index in [0.717, 1.165) is 36.6 Å². The lowest BCUT2D eigenvalue weighted by Crippen LogP contribution is -2.39. The molecule has 1 aliphatic rings. The van der Waals surface area contributed by atoms with Crippen molar-refractivity contribution in [3.63, 3.8) is 0 Å². The predicted molar refractivity (Wildman–Crippen MR) is 87.5 cm³/mol. The molecular weight excluding hydrogens is 306 g/mol. The van der Waals surface area contributed by atoms with Gasteiger partial charge in [0.15, 0.2) is 0 Å². The second-order valence-corrected chi connectivity index (χ2v) is 5.88. The Hall–Kier alpha value is -1.27. The van der Waals surface area contributed by atoms with Crippen LogP contribution in [-0.2, 0) is 0 Å². The third kappa shape index (κ3) is 4.61. The summed E-state index contributed by atoms with van der Waals surface area (Å²) in [6.45, 7) is 6.47. The lowest BCUT2D eigenvalue weighted by atomic mass is 10.1. The maximum Gasteiger partial charge on any atom is 0.206 e. The average molecular weight is 324 g/mol. The van der Waals surface area contributed by atoms with E-state index in [1.54, 1.807) is 18.3 Å². The molecule has 2 aromatic heterocycles. The van der Waals surface area contributed by atoms with E-state index in [4.69, 9.17) is 11.6 Å². The third-order valence-corrected chi connectivity index (χ3v) is 4.35. The van der Waals surface area contributed by atoms with E-state index in [-0.39, 0.29) is 10.9 Å². The number of halogens is 1. The summed E-state index contributed by atoms with van der Waals surface area (Å²) in [5.41, 5.74) is 1.44. The van der Waals surface area contributed by atoms with Gasteiger partial charge >= 0.3 is 0 Å². The summed E-state index contributed by atoms with van der Waals surface area (Å²) in [6, 6.07) is 5.32. The van der Waals surface area contributed by atoms with Crippen molar-refractivity contribution in [2.45, 2.75) is 6.92 Å². The summed E-state index contributed by atoms with van der Waals surface area (Å²) in [6.07, 6.45) is 1.57. The number of carbonyl (C=O) groups excluding carboxylic acids is 1. The first-order valence-corrected chi connectivity index (χ1v) is 8.06. The molecule has 1 fully saturated rings. The van der Waals surface area contributed by atoms with Crippen molar-refractivity contribution in [2.75, 3.05) is 26.2 Å². The molecule has 0 unspecified atom stereocenters. The number of aromatic nitrogens is 1. The Labute approximate surface area is 133 Å². The minimum atomic E-state index is -0.0550. The molecule has 21 heavy (non-hydrogen) atoms. The molecule has 0 aromatic carbocycles. The van der Waals surface area contributed by atoms with E-state index in [1.165, 1.54) is 11.3 Å². The molecule has 0 atom stereocenters. The summed E-state index contributed by atoms with van der Waals surface area (Å²) in [5.74, 6) is -0.0550. The van der Waals surface area contributed by atoms with Crippen LogP contribution in [0, 0.1) is 6.92 Å². The lowest BCUT2D eigenvalue weighted by molar-refractivity contribution is 0.104. The number of nitrogens with zero attached hydrogens (tertiary/aromatic N) is 1. The Morgan fingerprint density at radius 3 is 2.38 bits per heavy atom. The molecule has 3 rings (SSSR count). The van der Waals surface area contributed by atoms with Crippen LogP contribution in [0.4, 0.5) is 0 Å². The van der Waals surface area contributed by atoms with Gasteiger partial charge in [0.2, 0.25) is 5.78 Å². The van der Waals surface area contributed by atoms with Crippen molar-refractivity contribution in [2.24, 2.45) is 0 Å². The molecule has 112 valence electrons. The number of hydrogen-bond donors (Lipinski definition) is 2. The molecule has 2 N–H and O–H groups in total. The number of aryl methyl sites for hydroxylation is 1. The Kier molecular flexibility index (Phi) is 6.32. The van der Waals surface area contributed by atoms with Gasteiger partial charge in [-0.2, -0.15) is 0 Å². The number of carbonyl (C=O) groups is 1. The van der Waals surface area contributed by atoms with Gasteiger partial charge in [0, 0.05) is 32.4 Å². The van der Waals surface area contributed by atoms with E-state index in [1.807, 2.05) is 18.4 Å². The minimum Gasteiger partial charge on any atom is -0.314 e. The van der Waals surface area contributed by atoms with Gasteiger partial charge in [-0.15, -0.1) is 11.3 Å². The fourth-order valence-corrected chi connectivity index (χ4v) is 2.97. The Balaban J connectivity index is 0.000000225. The molecule has 6 heteroatoms. The number of thiophene rings is 1. The smallest absolute Gasteiger partial charge is 0.206 e. The second kappa shape index (κ2) is 8.24. The van der Waals surface area contributed by atoms with Gasteiger partial charge in [0.1, 0.15) is 5.15 Å². The lowest BCUT2D eigenvalue weighted by Gasteiger charge is -2.11. The molecule has 4 nitrogen and oxygen atoms in total. The van der Waals surface area contributed by atoms with E-state index in [9.17, 15) is 4.79 Å². The summed E-state index contributed by atoms with van der Waals surface area (Å²) in [5, 5.41) is 8.60. The fourth-order valence-electron chi connectivity index (χ4n) is 1.89. The number of piperazine rings is 1. The van der Waals surface area contributed by atoms with Crippen molar-refractivity contribution in [1.29, 1.82) is 0 Å². The monoisotopic (exact) mass is 323 g/mol. The Morgan fingerprint density at radius 2 is 1.90 bits per heavy atom. The highest BCUT2D eigenvalue weighted by Gasteiger charge is 2.16. The highest BCUT2D eigenvalue weighted by atomic mass is 35.5. The van der Waals surface area contributed by atoms with Crippen LogP contribution in [0.2, 0.25) is 5.15 Å². The van der Waals surface area contributed by atoms with Gasteiger partial charge in [-0.3, -0.25) is 4.79 Å². The number of hydrogen-bond acceptors (Lipinski definition) is 5. The standard InChI is InChI=1S/C11H8ClNOS.C4H10N2/c1-7-4-6-15-10(7)9(14)8-3-2-5-13-11(8)12;1-2-6-4-3-5-1/h2-6H,1H3;5-6H,1-4H2. The van der Waals surface area contributed by atoms with Crippen LogP contribution in [0.15, 0.2) is 29.8 Å². The van der Waals surface area contributed by atoms with Crippen LogP contribution >= 0.6 is 22.9 Å². The molecule has 0 amide bonds. The van der Waals surface area contributed by atoms with Crippen LogP contribution in [0.1, 0.15) is 20.8 Å². The molecule has 0 aliphatic carbocycles. The van der Waals surface area contributed by atoms with Crippen molar-refractivity contribution in [1.82, 2.24) is 15.6 Å². The first-order valence-electron chi connectivity index (χ1n) is 6.81. The number of nitrogens with one attached hydrogen (secondary N) is 2.